The highest BCUT2D eigenvalue weighted by molar-refractivity contribution is 7.99. The van der Waals surface area contributed by atoms with Crippen molar-refractivity contribution in [3.05, 3.63) is 66.7 Å². The van der Waals surface area contributed by atoms with Gasteiger partial charge in [0.25, 0.3) is 0 Å². The molecule has 1 aliphatic rings. The van der Waals surface area contributed by atoms with E-state index in [9.17, 15) is 4.39 Å². The number of nitrogens with zero attached hydrogens (tertiary/aromatic N) is 2. The van der Waals surface area contributed by atoms with Gasteiger partial charge in [0.2, 0.25) is 5.95 Å². The number of fused-ring (bicyclic) bond motifs is 2. The molecule has 2 aromatic carbocycles. The molecule has 0 unspecified atom stereocenters. The van der Waals surface area contributed by atoms with E-state index in [-0.39, 0.29) is 0 Å². The lowest BCUT2D eigenvalue weighted by Gasteiger charge is -2.33. The van der Waals surface area contributed by atoms with Gasteiger partial charge >= 0.3 is 0 Å². The number of para-hydroxylation sites is 1. The lowest BCUT2D eigenvalue weighted by Crippen LogP contribution is -2.24. The van der Waals surface area contributed by atoms with E-state index in [4.69, 9.17) is 0 Å². The van der Waals surface area contributed by atoms with Crippen molar-refractivity contribution in [2.24, 2.45) is 0 Å². The zero-order valence-electron chi connectivity index (χ0n) is 14.6. The molecule has 0 saturated heterocycles. The normalized spacial score (nSPS) is 12.6. The number of benzene rings is 2. The van der Waals surface area contributed by atoms with Crippen LogP contribution >= 0.6 is 11.8 Å². The molecule has 132 valence electrons. The molecule has 0 fully saturated rings. The summed E-state index contributed by atoms with van der Waals surface area (Å²) in [4.78, 5) is 8.48. The van der Waals surface area contributed by atoms with Gasteiger partial charge < -0.3 is 10.2 Å². The molecule has 0 saturated carbocycles. The number of pyridine rings is 1. The van der Waals surface area contributed by atoms with Crippen molar-refractivity contribution in [3.63, 3.8) is 0 Å². The lowest BCUT2D eigenvalue weighted by molar-refractivity contribution is 0.584. The maximum Gasteiger partial charge on any atom is 0.213 e. The van der Waals surface area contributed by atoms with Gasteiger partial charge in [0.15, 0.2) is 0 Å². The predicted octanol–water partition coefficient (Wildman–Crippen LogP) is 5.10. The van der Waals surface area contributed by atoms with Crippen LogP contribution in [0.1, 0.15) is 6.42 Å². The highest BCUT2D eigenvalue weighted by Crippen LogP contribution is 2.49. The second-order valence-electron chi connectivity index (χ2n) is 6.23. The number of rotatable bonds is 5. The van der Waals surface area contributed by atoms with Gasteiger partial charge in [-0.2, -0.15) is 4.39 Å². The van der Waals surface area contributed by atoms with E-state index in [0.717, 1.165) is 30.6 Å². The van der Waals surface area contributed by atoms with Crippen molar-refractivity contribution in [3.8, 4) is 11.1 Å². The maximum atomic E-state index is 13.5. The standard InChI is InChI=1S/C21H20FN3S/c1-23-10-4-12-25-17-5-2-3-6-19(17)26-20-13-15(7-8-18(20)25)16-9-11-24-21(22)14-16/h2-3,5-9,11,13-14,23H,4,10,12H2,1H3. The van der Waals surface area contributed by atoms with E-state index in [2.05, 4.69) is 57.7 Å². The first-order valence-corrected chi connectivity index (χ1v) is 9.53. The molecule has 0 spiro atoms. The number of anilines is 2. The van der Waals surface area contributed by atoms with Gasteiger partial charge in [-0.15, -0.1) is 0 Å². The minimum absolute atomic E-state index is 0.452. The second-order valence-corrected chi connectivity index (χ2v) is 7.31. The summed E-state index contributed by atoms with van der Waals surface area (Å²) >= 11 is 1.77. The van der Waals surface area contributed by atoms with Crippen LogP contribution in [0.3, 0.4) is 0 Å². The largest absolute Gasteiger partial charge is 0.340 e. The van der Waals surface area contributed by atoms with Gasteiger partial charge in [0, 0.05) is 28.6 Å². The van der Waals surface area contributed by atoms with E-state index in [1.165, 1.54) is 33.4 Å². The van der Waals surface area contributed by atoms with Gasteiger partial charge in [0.1, 0.15) is 0 Å². The molecular formula is C21H20FN3S. The topological polar surface area (TPSA) is 28.2 Å². The number of hydrogen-bond acceptors (Lipinski definition) is 4. The van der Waals surface area contributed by atoms with Crippen LogP contribution < -0.4 is 10.2 Å². The van der Waals surface area contributed by atoms with Crippen LogP contribution in [-0.2, 0) is 0 Å². The monoisotopic (exact) mass is 365 g/mol. The van der Waals surface area contributed by atoms with Gasteiger partial charge in [-0.05, 0) is 61.5 Å². The molecule has 1 aliphatic heterocycles. The molecule has 4 rings (SSSR count). The third-order valence-corrected chi connectivity index (χ3v) is 5.61. The number of hydrogen-bond donors (Lipinski definition) is 1. The van der Waals surface area contributed by atoms with Crippen molar-refractivity contribution in [1.29, 1.82) is 0 Å². The Morgan fingerprint density at radius 1 is 1.00 bits per heavy atom. The molecule has 2 heterocycles. The van der Waals surface area contributed by atoms with Crippen molar-refractivity contribution < 1.29 is 4.39 Å². The molecule has 0 amide bonds. The van der Waals surface area contributed by atoms with Crippen LogP contribution in [0.5, 0.6) is 0 Å². The predicted molar refractivity (Wildman–Crippen MR) is 106 cm³/mol. The highest BCUT2D eigenvalue weighted by Gasteiger charge is 2.23. The summed E-state index contributed by atoms with van der Waals surface area (Å²) in [5.41, 5.74) is 4.32. The number of nitrogens with one attached hydrogen (secondary N) is 1. The lowest BCUT2D eigenvalue weighted by atomic mass is 10.1. The molecule has 0 atom stereocenters. The summed E-state index contributed by atoms with van der Waals surface area (Å²) in [6.07, 6.45) is 2.57. The SMILES string of the molecule is CNCCCN1c2ccccc2Sc2cc(-c3ccnc(F)c3)ccc21. The molecule has 3 nitrogen and oxygen atoms in total. The fourth-order valence-electron chi connectivity index (χ4n) is 3.25. The van der Waals surface area contributed by atoms with Crippen LogP contribution in [0.4, 0.5) is 15.8 Å². The molecular weight excluding hydrogens is 345 g/mol. The van der Waals surface area contributed by atoms with E-state index in [1.807, 2.05) is 13.1 Å². The molecule has 0 aliphatic carbocycles. The van der Waals surface area contributed by atoms with Crippen LogP contribution in [-0.4, -0.2) is 25.1 Å². The third-order valence-electron chi connectivity index (χ3n) is 4.49. The van der Waals surface area contributed by atoms with Gasteiger partial charge in [-0.1, -0.05) is 30.0 Å². The van der Waals surface area contributed by atoms with Crippen molar-refractivity contribution in [2.45, 2.75) is 16.2 Å². The summed E-state index contributed by atoms with van der Waals surface area (Å²) in [6.45, 7) is 1.93. The maximum absolute atomic E-state index is 13.5. The summed E-state index contributed by atoms with van der Waals surface area (Å²) in [5, 5.41) is 3.22. The first-order valence-electron chi connectivity index (χ1n) is 8.71. The zero-order valence-corrected chi connectivity index (χ0v) is 15.4. The average Bonchev–Trinajstić information content (AvgIpc) is 2.67. The summed E-state index contributed by atoms with van der Waals surface area (Å²) in [5.74, 6) is -0.452. The molecule has 1 N–H and O–H groups in total. The van der Waals surface area contributed by atoms with E-state index < -0.39 is 5.95 Å². The third kappa shape index (κ3) is 3.32. The van der Waals surface area contributed by atoms with Crippen LogP contribution in [0, 0.1) is 5.95 Å². The molecule has 3 aromatic rings. The van der Waals surface area contributed by atoms with Gasteiger partial charge in [-0.25, -0.2) is 4.98 Å². The average molecular weight is 365 g/mol. The van der Waals surface area contributed by atoms with E-state index in [1.54, 1.807) is 11.8 Å². The Balaban J connectivity index is 1.73. The number of halogens is 1. The quantitative estimate of drug-likeness (QED) is 0.503. The first-order chi connectivity index (χ1) is 12.8. The zero-order chi connectivity index (χ0) is 17.9. The molecule has 0 radical (unpaired) electrons. The minimum atomic E-state index is -0.452. The molecule has 26 heavy (non-hydrogen) atoms. The second kappa shape index (κ2) is 7.48. The minimum Gasteiger partial charge on any atom is -0.340 e. The summed E-state index contributed by atoms with van der Waals surface area (Å²) in [6, 6.07) is 18.2. The first kappa shape index (κ1) is 17.1. The smallest absolute Gasteiger partial charge is 0.213 e. The molecule has 1 aromatic heterocycles. The Kier molecular flexibility index (Phi) is 4.91. The van der Waals surface area contributed by atoms with Crippen LogP contribution in [0.15, 0.2) is 70.6 Å². The van der Waals surface area contributed by atoms with Crippen LogP contribution in [0.2, 0.25) is 0 Å². The Labute approximate surface area is 157 Å². The molecule has 0 bridgehead atoms. The Hall–Kier alpha value is -2.37. The van der Waals surface area contributed by atoms with Crippen molar-refractivity contribution in [1.82, 2.24) is 10.3 Å². The van der Waals surface area contributed by atoms with E-state index in [0.29, 0.717) is 0 Å². The van der Waals surface area contributed by atoms with Gasteiger partial charge in [0.05, 0.1) is 11.4 Å². The fraction of sp³-hybridized carbons (Fsp3) is 0.190. The van der Waals surface area contributed by atoms with Crippen molar-refractivity contribution in [2.75, 3.05) is 25.0 Å². The van der Waals surface area contributed by atoms with Gasteiger partial charge in [-0.3, -0.25) is 0 Å². The highest BCUT2D eigenvalue weighted by atomic mass is 32.2. The Morgan fingerprint density at radius 3 is 2.65 bits per heavy atom. The fourth-order valence-corrected chi connectivity index (χ4v) is 4.39. The molecule has 5 heteroatoms. The van der Waals surface area contributed by atoms with E-state index >= 15 is 0 Å². The summed E-state index contributed by atoms with van der Waals surface area (Å²) in [7, 11) is 1.98. The van der Waals surface area contributed by atoms with Crippen molar-refractivity contribution >= 4 is 23.1 Å². The Morgan fingerprint density at radius 2 is 1.81 bits per heavy atom. The van der Waals surface area contributed by atoms with Crippen LogP contribution in [0.25, 0.3) is 11.1 Å². The summed E-state index contributed by atoms with van der Waals surface area (Å²) < 4.78 is 13.5. The number of aromatic nitrogens is 1. The Bertz CT molecular complexity index is 929.